The summed E-state index contributed by atoms with van der Waals surface area (Å²) in [5.74, 6) is -0.245. The quantitative estimate of drug-likeness (QED) is 0.835. The summed E-state index contributed by atoms with van der Waals surface area (Å²) >= 11 is 4.53. The molecule has 0 bridgehead atoms. The van der Waals surface area contributed by atoms with Crippen molar-refractivity contribution in [1.82, 2.24) is 0 Å². The molecule has 0 heterocycles. The maximum atomic E-state index is 12.8. The predicted octanol–water partition coefficient (Wildman–Crippen LogP) is 2.10. The smallest absolute Gasteiger partial charge is 0.389 e. The highest BCUT2D eigenvalue weighted by Gasteiger charge is 2.34. The SMILES string of the molecule is CCS(=O)(=O)Nc1ccc(C(N)=S)c(C(F)(F)F)c1. The fraction of sp³-hybridized carbons (Fsp3) is 0.300. The summed E-state index contributed by atoms with van der Waals surface area (Å²) < 4.78 is 63.1. The van der Waals surface area contributed by atoms with E-state index in [1.54, 1.807) is 0 Å². The molecule has 0 fully saturated rings. The van der Waals surface area contributed by atoms with Gasteiger partial charge in [-0.05, 0) is 25.1 Å². The summed E-state index contributed by atoms with van der Waals surface area (Å²) in [5.41, 5.74) is 3.60. The van der Waals surface area contributed by atoms with E-state index in [0.717, 1.165) is 6.07 Å². The molecule has 0 atom stereocenters. The molecule has 0 saturated heterocycles. The van der Waals surface area contributed by atoms with Crippen LogP contribution in [0.3, 0.4) is 0 Å². The van der Waals surface area contributed by atoms with Crippen LogP contribution in [-0.4, -0.2) is 19.2 Å². The van der Waals surface area contributed by atoms with Crippen molar-refractivity contribution in [3.63, 3.8) is 0 Å². The van der Waals surface area contributed by atoms with E-state index in [1.165, 1.54) is 13.0 Å². The molecule has 0 aliphatic carbocycles. The van der Waals surface area contributed by atoms with Crippen LogP contribution in [0.4, 0.5) is 18.9 Å². The van der Waals surface area contributed by atoms with E-state index in [2.05, 4.69) is 12.2 Å². The lowest BCUT2D eigenvalue weighted by molar-refractivity contribution is -0.137. The molecule has 0 aliphatic rings. The van der Waals surface area contributed by atoms with Crippen molar-refractivity contribution in [2.75, 3.05) is 10.5 Å². The predicted molar refractivity (Wildman–Crippen MR) is 70.4 cm³/mol. The molecule has 9 heteroatoms. The first kappa shape index (κ1) is 15.7. The molecule has 0 aromatic heterocycles. The van der Waals surface area contributed by atoms with Crippen LogP contribution in [0.1, 0.15) is 18.1 Å². The van der Waals surface area contributed by atoms with Gasteiger partial charge in [-0.2, -0.15) is 13.2 Å². The van der Waals surface area contributed by atoms with Gasteiger partial charge in [-0.15, -0.1) is 0 Å². The first-order valence-electron chi connectivity index (χ1n) is 5.08. The number of benzene rings is 1. The Morgan fingerprint density at radius 3 is 2.42 bits per heavy atom. The number of nitrogens with two attached hydrogens (primary N) is 1. The Morgan fingerprint density at radius 2 is 2.00 bits per heavy atom. The highest BCUT2D eigenvalue weighted by atomic mass is 32.2. The van der Waals surface area contributed by atoms with Crippen LogP contribution >= 0.6 is 12.2 Å². The molecule has 1 aromatic rings. The van der Waals surface area contributed by atoms with Crippen molar-refractivity contribution in [1.29, 1.82) is 0 Å². The topological polar surface area (TPSA) is 72.2 Å². The van der Waals surface area contributed by atoms with Crippen molar-refractivity contribution >= 4 is 32.9 Å². The summed E-state index contributed by atoms with van der Waals surface area (Å²) in [7, 11) is -3.65. The minimum absolute atomic E-state index is 0.186. The molecule has 106 valence electrons. The van der Waals surface area contributed by atoms with E-state index in [9.17, 15) is 21.6 Å². The normalized spacial score (nSPS) is 12.2. The number of nitrogens with one attached hydrogen (secondary N) is 1. The minimum Gasteiger partial charge on any atom is -0.389 e. The number of thiocarbonyl (C=S) groups is 1. The molecule has 1 aromatic carbocycles. The van der Waals surface area contributed by atoms with Gasteiger partial charge in [0.15, 0.2) is 0 Å². The molecule has 4 nitrogen and oxygen atoms in total. The third kappa shape index (κ3) is 4.06. The molecular formula is C10H11F3N2O2S2. The summed E-state index contributed by atoms with van der Waals surface area (Å²) in [6.45, 7) is 1.37. The first-order chi connectivity index (χ1) is 8.57. The number of hydrogen-bond donors (Lipinski definition) is 2. The van der Waals surface area contributed by atoms with Crippen molar-refractivity contribution < 1.29 is 21.6 Å². The van der Waals surface area contributed by atoms with Gasteiger partial charge < -0.3 is 5.73 Å². The van der Waals surface area contributed by atoms with Gasteiger partial charge in [-0.1, -0.05) is 12.2 Å². The van der Waals surface area contributed by atoms with Gasteiger partial charge in [0.25, 0.3) is 0 Å². The van der Waals surface area contributed by atoms with E-state index in [0.29, 0.717) is 6.07 Å². The Bertz CT molecular complexity index is 597. The van der Waals surface area contributed by atoms with E-state index >= 15 is 0 Å². The van der Waals surface area contributed by atoms with Crippen molar-refractivity contribution in [3.8, 4) is 0 Å². The molecular weight excluding hydrogens is 301 g/mol. The fourth-order valence-electron chi connectivity index (χ4n) is 1.31. The highest BCUT2D eigenvalue weighted by Crippen LogP contribution is 2.34. The Kier molecular flexibility index (Phi) is 4.41. The average Bonchev–Trinajstić information content (AvgIpc) is 2.27. The summed E-state index contributed by atoms with van der Waals surface area (Å²) in [5, 5.41) is 0. The Hall–Kier alpha value is -1.35. The van der Waals surface area contributed by atoms with Gasteiger partial charge >= 0.3 is 6.18 Å². The van der Waals surface area contributed by atoms with Crippen LogP contribution < -0.4 is 10.5 Å². The minimum atomic E-state index is -4.67. The third-order valence-electron chi connectivity index (χ3n) is 2.24. The molecule has 0 spiro atoms. The van der Waals surface area contributed by atoms with E-state index in [4.69, 9.17) is 5.73 Å². The molecule has 1 rings (SSSR count). The monoisotopic (exact) mass is 312 g/mol. The zero-order chi connectivity index (χ0) is 14.8. The Morgan fingerprint density at radius 1 is 1.42 bits per heavy atom. The Balaban J connectivity index is 3.31. The van der Waals surface area contributed by atoms with E-state index in [-0.39, 0.29) is 17.0 Å². The highest BCUT2D eigenvalue weighted by molar-refractivity contribution is 7.92. The number of halogens is 3. The lowest BCUT2D eigenvalue weighted by atomic mass is 10.1. The summed E-state index contributed by atoms with van der Waals surface area (Å²) in [4.78, 5) is -0.405. The maximum Gasteiger partial charge on any atom is 0.417 e. The Labute approximate surface area is 113 Å². The largest absolute Gasteiger partial charge is 0.417 e. The van der Waals surface area contributed by atoms with Crippen LogP contribution in [0.15, 0.2) is 18.2 Å². The van der Waals surface area contributed by atoms with Crippen LogP contribution in [0.2, 0.25) is 0 Å². The van der Waals surface area contributed by atoms with E-state index < -0.39 is 26.8 Å². The van der Waals surface area contributed by atoms with Crippen LogP contribution in [0, 0.1) is 0 Å². The van der Waals surface area contributed by atoms with Gasteiger partial charge in [-0.3, -0.25) is 4.72 Å². The van der Waals surface area contributed by atoms with Crippen LogP contribution in [0.25, 0.3) is 0 Å². The zero-order valence-corrected chi connectivity index (χ0v) is 11.4. The van der Waals surface area contributed by atoms with Gasteiger partial charge in [0.1, 0.15) is 4.99 Å². The second-order valence-electron chi connectivity index (χ2n) is 3.63. The lowest BCUT2D eigenvalue weighted by Crippen LogP contribution is -2.19. The number of sulfonamides is 1. The van der Waals surface area contributed by atoms with Gasteiger partial charge in [-0.25, -0.2) is 8.42 Å². The van der Waals surface area contributed by atoms with Gasteiger partial charge in [0, 0.05) is 11.3 Å². The third-order valence-corrected chi connectivity index (χ3v) is 3.77. The molecule has 3 N–H and O–H groups in total. The number of rotatable bonds is 4. The average molecular weight is 312 g/mol. The molecule has 0 unspecified atom stereocenters. The molecule has 0 radical (unpaired) electrons. The summed E-state index contributed by atoms with van der Waals surface area (Å²) in [6.07, 6.45) is -4.67. The van der Waals surface area contributed by atoms with E-state index in [1.807, 2.05) is 4.72 Å². The van der Waals surface area contributed by atoms with Crippen molar-refractivity contribution in [3.05, 3.63) is 29.3 Å². The number of hydrogen-bond acceptors (Lipinski definition) is 3. The van der Waals surface area contributed by atoms with Gasteiger partial charge in [0.2, 0.25) is 10.0 Å². The van der Waals surface area contributed by atoms with Crippen LogP contribution in [0.5, 0.6) is 0 Å². The molecule has 0 aliphatic heterocycles. The van der Waals surface area contributed by atoms with Crippen molar-refractivity contribution in [2.45, 2.75) is 13.1 Å². The molecule has 19 heavy (non-hydrogen) atoms. The van der Waals surface area contributed by atoms with Crippen molar-refractivity contribution in [2.24, 2.45) is 5.73 Å². The maximum absolute atomic E-state index is 12.8. The fourth-order valence-corrected chi connectivity index (χ4v) is 2.12. The first-order valence-corrected chi connectivity index (χ1v) is 7.14. The molecule has 0 saturated carbocycles. The van der Waals surface area contributed by atoms with Crippen LogP contribution in [-0.2, 0) is 16.2 Å². The standard InChI is InChI=1S/C10H11F3N2O2S2/c1-2-19(16,17)15-6-3-4-7(9(14)18)8(5-6)10(11,12)13/h3-5,15H,2H2,1H3,(H2,14,18). The molecule has 0 amide bonds. The lowest BCUT2D eigenvalue weighted by Gasteiger charge is -2.14. The number of anilines is 1. The summed E-state index contributed by atoms with van der Waals surface area (Å²) in [6, 6.07) is 2.89. The van der Waals surface area contributed by atoms with Gasteiger partial charge in [0.05, 0.1) is 11.3 Å². The zero-order valence-electron chi connectivity index (χ0n) is 9.78. The second kappa shape index (κ2) is 5.33. The number of alkyl halides is 3. The second-order valence-corrected chi connectivity index (χ2v) is 6.08.